The van der Waals surface area contributed by atoms with Crippen molar-refractivity contribution in [1.82, 2.24) is 5.32 Å². The number of nitrogens with one attached hydrogen (secondary N) is 1. The standard InChI is InChI=1S/C20H15ClN2O6/c1-11-3-2-4-13(7-11)23-19(27)14(18(26)22-20(23)28)8-12-5-6-16(15(21)9-12)29-10-17(24)25/h2-9H,10H2,1H3,(H,24,25)(H,22,26,28)/p-1/b14-8+. The SMILES string of the molecule is Cc1cccc(N2C(=O)NC(=O)/C(=C\c3ccc(OCC(=O)[O-])c(Cl)c3)C2=O)c1. The van der Waals surface area contributed by atoms with Crippen LogP contribution in [0.5, 0.6) is 5.75 Å². The molecule has 148 valence electrons. The minimum absolute atomic E-state index is 0.0795. The molecule has 29 heavy (non-hydrogen) atoms. The number of carbonyl (C=O) groups is 4. The predicted octanol–water partition coefficient (Wildman–Crippen LogP) is 1.44. The summed E-state index contributed by atoms with van der Waals surface area (Å²) in [6.45, 7) is 1.14. The summed E-state index contributed by atoms with van der Waals surface area (Å²) in [6, 6.07) is 10.2. The summed E-state index contributed by atoms with van der Waals surface area (Å²) < 4.78 is 4.97. The molecule has 1 heterocycles. The molecule has 1 fully saturated rings. The first-order valence-electron chi connectivity index (χ1n) is 8.36. The Hall–Kier alpha value is -3.65. The number of ether oxygens (including phenoxy) is 1. The van der Waals surface area contributed by atoms with Crippen molar-refractivity contribution in [3.05, 3.63) is 64.2 Å². The minimum Gasteiger partial charge on any atom is -0.546 e. The molecule has 9 heteroatoms. The summed E-state index contributed by atoms with van der Waals surface area (Å²) in [5.74, 6) is -2.92. The van der Waals surface area contributed by atoms with Crippen molar-refractivity contribution < 1.29 is 29.0 Å². The molecule has 2 aromatic carbocycles. The van der Waals surface area contributed by atoms with Crippen LogP contribution in [-0.4, -0.2) is 30.4 Å². The summed E-state index contributed by atoms with van der Waals surface area (Å²) in [5, 5.41) is 12.7. The first kappa shape index (κ1) is 20.1. The van der Waals surface area contributed by atoms with Crippen LogP contribution in [0.1, 0.15) is 11.1 Å². The van der Waals surface area contributed by atoms with Crippen molar-refractivity contribution >= 4 is 47.2 Å². The van der Waals surface area contributed by atoms with E-state index >= 15 is 0 Å². The van der Waals surface area contributed by atoms with Gasteiger partial charge in [0.25, 0.3) is 11.8 Å². The second kappa shape index (κ2) is 8.15. The molecule has 0 radical (unpaired) electrons. The monoisotopic (exact) mass is 413 g/mol. The number of nitrogens with zero attached hydrogens (tertiary/aromatic N) is 1. The van der Waals surface area contributed by atoms with Gasteiger partial charge in [-0.15, -0.1) is 0 Å². The normalized spacial score (nSPS) is 15.4. The molecular formula is C20H14ClN2O6-. The van der Waals surface area contributed by atoms with Crippen LogP contribution in [0.2, 0.25) is 5.02 Å². The zero-order chi connectivity index (χ0) is 21.1. The molecule has 3 rings (SSSR count). The second-order valence-electron chi connectivity index (χ2n) is 6.15. The number of carbonyl (C=O) groups excluding carboxylic acids is 4. The molecular weight excluding hydrogens is 400 g/mol. The fourth-order valence-electron chi connectivity index (χ4n) is 2.69. The lowest BCUT2D eigenvalue weighted by Crippen LogP contribution is -2.54. The second-order valence-corrected chi connectivity index (χ2v) is 6.55. The highest BCUT2D eigenvalue weighted by Crippen LogP contribution is 2.28. The largest absolute Gasteiger partial charge is 0.546 e. The summed E-state index contributed by atoms with van der Waals surface area (Å²) in [7, 11) is 0. The number of carboxylic acid groups (broad SMARTS) is 1. The first-order chi connectivity index (χ1) is 13.8. The molecule has 0 aromatic heterocycles. The third kappa shape index (κ3) is 4.44. The van der Waals surface area contributed by atoms with Crippen LogP contribution in [0.25, 0.3) is 6.08 Å². The van der Waals surface area contributed by atoms with Crippen molar-refractivity contribution in [2.45, 2.75) is 6.92 Å². The van der Waals surface area contributed by atoms with Gasteiger partial charge in [-0.1, -0.05) is 29.8 Å². The van der Waals surface area contributed by atoms with E-state index in [1.54, 1.807) is 18.2 Å². The van der Waals surface area contributed by atoms with E-state index < -0.39 is 30.4 Å². The Bertz CT molecular complexity index is 1060. The number of urea groups is 1. The summed E-state index contributed by atoms with van der Waals surface area (Å²) in [6.07, 6.45) is 1.28. The Kier molecular flexibility index (Phi) is 5.65. The van der Waals surface area contributed by atoms with Gasteiger partial charge in [0.15, 0.2) is 0 Å². The maximum absolute atomic E-state index is 12.8. The Morgan fingerprint density at radius 3 is 2.62 bits per heavy atom. The van der Waals surface area contributed by atoms with Gasteiger partial charge < -0.3 is 14.6 Å². The van der Waals surface area contributed by atoms with Gasteiger partial charge in [-0.25, -0.2) is 9.69 Å². The Balaban J connectivity index is 1.92. The third-order valence-electron chi connectivity index (χ3n) is 3.97. The number of amides is 4. The number of imide groups is 2. The number of aryl methyl sites for hydroxylation is 1. The van der Waals surface area contributed by atoms with Gasteiger partial charge in [-0.2, -0.15) is 0 Å². The zero-order valence-electron chi connectivity index (χ0n) is 15.1. The Labute approximate surface area is 170 Å². The third-order valence-corrected chi connectivity index (χ3v) is 4.27. The van der Waals surface area contributed by atoms with Crippen LogP contribution < -0.4 is 20.1 Å². The van der Waals surface area contributed by atoms with Crippen molar-refractivity contribution in [2.75, 3.05) is 11.5 Å². The van der Waals surface area contributed by atoms with Crippen molar-refractivity contribution in [2.24, 2.45) is 0 Å². The van der Waals surface area contributed by atoms with E-state index in [0.29, 0.717) is 11.3 Å². The summed E-state index contributed by atoms with van der Waals surface area (Å²) in [4.78, 5) is 48.6. The first-order valence-corrected chi connectivity index (χ1v) is 8.74. The maximum Gasteiger partial charge on any atom is 0.335 e. The van der Waals surface area contributed by atoms with E-state index in [1.807, 2.05) is 13.0 Å². The number of rotatable bonds is 5. The van der Waals surface area contributed by atoms with Crippen molar-refractivity contribution in [3.63, 3.8) is 0 Å². The van der Waals surface area contributed by atoms with E-state index in [-0.39, 0.29) is 16.3 Å². The van der Waals surface area contributed by atoms with Crippen LogP contribution >= 0.6 is 11.6 Å². The number of anilines is 1. The number of hydrogen-bond acceptors (Lipinski definition) is 6. The van der Waals surface area contributed by atoms with Crippen LogP contribution in [0.3, 0.4) is 0 Å². The summed E-state index contributed by atoms with van der Waals surface area (Å²) in [5.41, 5.74) is 1.29. The number of carboxylic acids is 1. The van der Waals surface area contributed by atoms with Crippen LogP contribution in [-0.2, 0) is 14.4 Å². The fraction of sp³-hybridized carbons (Fsp3) is 0.100. The van der Waals surface area contributed by atoms with Gasteiger partial charge in [0.05, 0.1) is 16.7 Å². The Morgan fingerprint density at radius 2 is 1.97 bits per heavy atom. The molecule has 4 amide bonds. The van der Waals surface area contributed by atoms with E-state index in [2.05, 4.69) is 5.32 Å². The lowest BCUT2D eigenvalue weighted by atomic mass is 10.1. The van der Waals surface area contributed by atoms with Gasteiger partial charge in [0.1, 0.15) is 17.9 Å². The molecule has 2 aromatic rings. The molecule has 0 saturated carbocycles. The molecule has 1 N–H and O–H groups in total. The molecule has 1 saturated heterocycles. The number of barbiturate groups is 1. The highest BCUT2D eigenvalue weighted by molar-refractivity contribution is 6.39. The van der Waals surface area contributed by atoms with Crippen LogP contribution in [0.4, 0.5) is 10.5 Å². The highest BCUT2D eigenvalue weighted by atomic mass is 35.5. The van der Waals surface area contributed by atoms with Crippen molar-refractivity contribution in [1.29, 1.82) is 0 Å². The van der Waals surface area contributed by atoms with E-state index in [1.165, 1.54) is 24.3 Å². The molecule has 0 spiro atoms. The lowest BCUT2D eigenvalue weighted by Gasteiger charge is -2.26. The highest BCUT2D eigenvalue weighted by Gasteiger charge is 2.36. The van der Waals surface area contributed by atoms with Gasteiger partial charge in [0.2, 0.25) is 0 Å². The molecule has 1 aliphatic rings. The average molecular weight is 414 g/mol. The maximum atomic E-state index is 12.8. The molecule has 0 unspecified atom stereocenters. The van der Waals surface area contributed by atoms with E-state index in [4.69, 9.17) is 16.3 Å². The average Bonchev–Trinajstić information content (AvgIpc) is 2.64. The quantitative estimate of drug-likeness (QED) is 0.585. The molecule has 8 nitrogen and oxygen atoms in total. The number of aliphatic carboxylic acids is 1. The minimum atomic E-state index is -1.40. The molecule has 1 aliphatic heterocycles. The lowest BCUT2D eigenvalue weighted by molar-refractivity contribution is -0.307. The predicted molar refractivity (Wildman–Crippen MR) is 102 cm³/mol. The fourth-order valence-corrected chi connectivity index (χ4v) is 2.93. The Morgan fingerprint density at radius 1 is 1.21 bits per heavy atom. The summed E-state index contributed by atoms with van der Waals surface area (Å²) >= 11 is 6.05. The smallest absolute Gasteiger partial charge is 0.335 e. The number of benzene rings is 2. The van der Waals surface area contributed by atoms with Gasteiger partial charge in [-0.3, -0.25) is 14.9 Å². The van der Waals surface area contributed by atoms with Gasteiger partial charge in [-0.05, 0) is 48.4 Å². The van der Waals surface area contributed by atoms with E-state index in [0.717, 1.165) is 10.5 Å². The number of hydrogen-bond donors (Lipinski definition) is 1. The van der Waals surface area contributed by atoms with E-state index in [9.17, 15) is 24.3 Å². The molecule has 0 atom stereocenters. The number of halogens is 1. The van der Waals surface area contributed by atoms with Gasteiger partial charge in [0, 0.05) is 0 Å². The van der Waals surface area contributed by atoms with Crippen LogP contribution in [0, 0.1) is 6.92 Å². The van der Waals surface area contributed by atoms with Crippen molar-refractivity contribution in [3.8, 4) is 5.75 Å². The molecule has 0 aliphatic carbocycles. The zero-order valence-corrected chi connectivity index (χ0v) is 15.9. The van der Waals surface area contributed by atoms with Gasteiger partial charge >= 0.3 is 6.03 Å². The molecule has 0 bridgehead atoms. The topological polar surface area (TPSA) is 116 Å². The van der Waals surface area contributed by atoms with Crippen LogP contribution in [0.15, 0.2) is 48.0 Å².